The van der Waals surface area contributed by atoms with E-state index in [9.17, 15) is 4.79 Å². The molecule has 6 nitrogen and oxygen atoms in total. The molecule has 0 spiro atoms. The summed E-state index contributed by atoms with van der Waals surface area (Å²) in [5, 5.41) is 4.04. The van der Waals surface area contributed by atoms with E-state index in [0.717, 1.165) is 39.0 Å². The molecular weight excluding hydrogens is 428 g/mol. The van der Waals surface area contributed by atoms with Crippen LogP contribution in [0.5, 0.6) is 17.2 Å². The molecule has 0 bridgehead atoms. The molecular formula is C28H24N2O4. The zero-order valence-corrected chi connectivity index (χ0v) is 19.0. The van der Waals surface area contributed by atoms with Crippen LogP contribution in [0.1, 0.15) is 16.8 Å². The highest BCUT2D eigenvalue weighted by atomic mass is 16.5. The molecule has 1 aliphatic rings. The van der Waals surface area contributed by atoms with E-state index in [-0.39, 0.29) is 5.91 Å². The summed E-state index contributed by atoms with van der Waals surface area (Å²) in [5.41, 5.74) is 5.12. The number of fused-ring (bicyclic) bond motifs is 1. The van der Waals surface area contributed by atoms with Crippen molar-refractivity contribution in [3.05, 3.63) is 95.7 Å². The minimum atomic E-state index is -0.107. The number of hydrogen-bond acceptors (Lipinski definition) is 5. The average Bonchev–Trinajstić information content (AvgIpc) is 3.28. The van der Waals surface area contributed by atoms with Crippen LogP contribution in [0.3, 0.4) is 0 Å². The SMILES string of the molecule is COc1ccc(C2=C(c3ccc(OCc4ccc5ccccc5n4)cc3)CNC2=O)cc1OC. The minimum absolute atomic E-state index is 0.107. The molecule has 1 aliphatic heterocycles. The number of amides is 1. The predicted octanol–water partition coefficient (Wildman–Crippen LogP) is 4.87. The summed E-state index contributed by atoms with van der Waals surface area (Å²) in [6.45, 7) is 0.841. The minimum Gasteiger partial charge on any atom is -0.493 e. The van der Waals surface area contributed by atoms with Crippen LogP contribution in [0.2, 0.25) is 0 Å². The molecule has 1 N–H and O–H groups in total. The molecule has 0 saturated carbocycles. The summed E-state index contributed by atoms with van der Waals surface area (Å²) in [4.78, 5) is 17.3. The van der Waals surface area contributed by atoms with E-state index in [0.29, 0.717) is 30.2 Å². The van der Waals surface area contributed by atoms with Crippen LogP contribution in [0.15, 0.2) is 78.9 Å². The first-order chi connectivity index (χ1) is 16.7. The third kappa shape index (κ3) is 4.18. The van der Waals surface area contributed by atoms with Crippen LogP contribution in [-0.2, 0) is 11.4 Å². The topological polar surface area (TPSA) is 69.7 Å². The van der Waals surface area contributed by atoms with E-state index in [1.165, 1.54) is 0 Å². The normalized spacial score (nSPS) is 13.2. The lowest BCUT2D eigenvalue weighted by atomic mass is 9.96. The number of carbonyl (C=O) groups is 1. The van der Waals surface area contributed by atoms with E-state index < -0.39 is 0 Å². The van der Waals surface area contributed by atoms with Gasteiger partial charge in [0, 0.05) is 11.9 Å². The molecule has 34 heavy (non-hydrogen) atoms. The largest absolute Gasteiger partial charge is 0.493 e. The van der Waals surface area contributed by atoms with Gasteiger partial charge in [0.25, 0.3) is 5.91 Å². The molecule has 1 amide bonds. The van der Waals surface area contributed by atoms with Crippen molar-refractivity contribution < 1.29 is 19.0 Å². The highest BCUT2D eigenvalue weighted by molar-refractivity contribution is 6.30. The van der Waals surface area contributed by atoms with Crippen LogP contribution in [0, 0.1) is 0 Å². The second kappa shape index (κ2) is 9.27. The Balaban J connectivity index is 1.37. The molecule has 0 saturated heterocycles. The quantitative estimate of drug-likeness (QED) is 0.433. The first kappa shape index (κ1) is 21.5. The zero-order valence-electron chi connectivity index (χ0n) is 19.0. The van der Waals surface area contributed by atoms with Gasteiger partial charge in [-0.3, -0.25) is 4.79 Å². The zero-order chi connectivity index (χ0) is 23.5. The van der Waals surface area contributed by atoms with Crippen LogP contribution in [0.4, 0.5) is 0 Å². The van der Waals surface area contributed by atoms with Gasteiger partial charge in [-0.05, 0) is 53.1 Å². The van der Waals surface area contributed by atoms with Crippen LogP contribution >= 0.6 is 0 Å². The van der Waals surface area contributed by atoms with Crippen molar-refractivity contribution >= 4 is 28.0 Å². The number of benzene rings is 3. The maximum atomic E-state index is 12.7. The van der Waals surface area contributed by atoms with E-state index in [1.807, 2.05) is 72.8 Å². The molecule has 1 aromatic heterocycles. The molecule has 4 aromatic rings. The van der Waals surface area contributed by atoms with Gasteiger partial charge in [-0.15, -0.1) is 0 Å². The third-order valence-electron chi connectivity index (χ3n) is 5.87. The lowest BCUT2D eigenvalue weighted by Gasteiger charge is -2.11. The lowest BCUT2D eigenvalue weighted by molar-refractivity contribution is -0.114. The number of ether oxygens (including phenoxy) is 3. The number of methoxy groups -OCH3 is 2. The van der Waals surface area contributed by atoms with E-state index in [1.54, 1.807) is 14.2 Å². The summed E-state index contributed by atoms with van der Waals surface area (Å²) in [5.74, 6) is 1.83. The fraction of sp³-hybridized carbons (Fsp3) is 0.143. The summed E-state index contributed by atoms with van der Waals surface area (Å²) in [6, 6.07) is 25.3. The number of aromatic nitrogens is 1. The van der Waals surface area contributed by atoms with Gasteiger partial charge in [-0.25, -0.2) is 4.98 Å². The summed E-state index contributed by atoms with van der Waals surface area (Å²) in [6.07, 6.45) is 0. The van der Waals surface area contributed by atoms with Gasteiger partial charge >= 0.3 is 0 Å². The monoisotopic (exact) mass is 452 g/mol. The maximum absolute atomic E-state index is 12.7. The number of nitrogens with one attached hydrogen (secondary N) is 1. The van der Waals surface area contributed by atoms with Crippen LogP contribution < -0.4 is 19.5 Å². The number of pyridine rings is 1. The Morgan fingerprint density at radius 3 is 2.41 bits per heavy atom. The maximum Gasteiger partial charge on any atom is 0.252 e. The second-order valence-corrected chi connectivity index (χ2v) is 7.91. The van der Waals surface area contributed by atoms with Crippen molar-refractivity contribution in [3.63, 3.8) is 0 Å². The molecule has 6 heteroatoms. The molecule has 0 fully saturated rings. The first-order valence-corrected chi connectivity index (χ1v) is 11.0. The molecule has 2 heterocycles. The van der Waals surface area contributed by atoms with E-state index in [2.05, 4.69) is 16.4 Å². The highest BCUT2D eigenvalue weighted by Gasteiger charge is 2.26. The van der Waals surface area contributed by atoms with Crippen molar-refractivity contribution in [3.8, 4) is 17.2 Å². The Labute approximate surface area is 197 Å². The Bertz CT molecular complexity index is 1390. The van der Waals surface area contributed by atoms with Gasteiger partial charge in [0.1, 0.15) is 12.4 Å². The molecule has 0 radical (unpaired) electrons. The smallest absolute Gasteiger partial charge is 0.252 e. The molecule has 0 atom stereocenters. The Morgan fingerprint density at radius 1 is 0.853 bits per heavy atom. The van der Waals surface area contributed by atoms with Crippen molar-refractivity contribution in [1.29, 1.82) is 0 Å². The molecule has 3 aromatic carbocycles. The standard InChI is InChI=1S/C28H24N2O4/c1-32-25-14-10-20(15-26(25)33-2)27-23(16-29-28(27)31)18-8-12-22(13-9-18)34-17-21-11-7-19-5-3-4-6-24(19)30-21/h3-15H,16-17H2,1-2H3,(H,29,31). The summed E-state index contributed by atoms with van der Waals surface area (Å²) >= 11 is 0. The number of rotatable bonds is 7. The van der Waals surface area contributed by atoms with Crippen molar-refractivity contribution in [2.45, 2.75) is 6.61 Å². The summed E-state index contributed by atoms with van der Waals surface area (Å²) in [7, 11) is 3.17. The van der Waals surface area contributed by atoms with E-state index in [4.69, 9.17) is 14.2 Å². The van der Waals surface area contributed by atoms with Gasteiger partial charge < -0.3 is 19.5 Å². The fourth-order valence-electron chi connectivity index (χ4n) is 4.12. The van der Waals surface area contributed by atoms with Gasteiger partial charge in [0.2, 0.25) is 0 Å². The number of para-hydroxylation sites is 1. The van der Waals surface area contributed by atoms with Crippen molar-refractivity contribution in [1.82, 2.24) is 10.3 Å². The van der Waals surface area contributed by atoms with Gasteiger partial charge in [0.15, 0.2) is 11.5 Å². The molecule has 0 unspecified atom stereocenters. The van der Waals surface area contributed by atoms with Gasteiger partial charge in [-0.2, -0.15) is 0 Å². The number of nitrogens with zero attached hydrogens (tertiary/aromatic N) is 1. The lowest BCUT2D eigenvalue weighted by Crippen LogP contribution is -2.17. The predicted molar refractivity (Wildman–Crippen MR) is 132 cm³/mol. The summed E-state index contributed by atoms with van der Waals surface area (Å²) < 4.78 is 16.7. The van der Waals surface area contributed by atoms with Gasteiger partial charge in [-0.1, -0.05) is 42.5 Å². The van der Waals surface area contributed by atoms with Crippen molar-refractivity contribution in [2.75, 3.05) is 20.8 Å². The second-order valence-electron chi connectivity index (χ2n) is 7.91. The molecule has 5 rings (SSSR count). The highest BCUT2D eigenvalue weighted by Crippen LogP contribution is 2.35. The number of carbonyl (C=O) groups excluding carboxylic acids is 1. The van der Waals surface area contributed by atoms with E-state index >= 15 is 0 Å². The molecule has 0 aliphatic carbocycles. The van der Waals surface area contributed by atoms with Crippen LogP contribution in [-0.4, -0.2) is 31.7 Å². The Hall–Kier alpha value is -4.32. The molecule has 170 valence electrons. The average molecular weight is 453 g/mol. The third-order valence-corrected chi connectivity index (χ3v) is 5.87. The number of hydrogen-bond donors (Lipinski definition) is 1. The Morgan fingerprint density at radius 2 is 1.62 bits per heavy atom. The van der Waals surface area contributed by atoms with Crippen LogP contribution in [0.25, 0.3) is 22.0 Å². The first-order valence-electron chi connectivity index (χ1n) is 11.0. The Kier molecular flexibility index (Phi) is 5.87. The van der Waals surface area contributed by atoms with Crippen molar-refractivity contribution in [2.24, 2.45) is 0 Å². The van der Waals surface area contributed by atoms with Gasteiger partial charge in [0.05, 0.1) is 31.0 Å². The fourth-order valence-corrected chi connectivity index (χ4v) is 4.12.